The van der Waals surface area contributed by atoms with Crippen molar-refractivity contribution in [2.24, 2.45) is 0 Å². The molecule has 2 aromatic rings. The Morgan fingerprint density at radius 2 is 1.67 bits per heavy atom. The molecule has 1 aliphatic heterocycles. The van der Waals surface area contributed by atoms with E-state index in [1.54, 1.807) is 28.6 Å². The molecule has 9 heteroatoms. The van der Waals surface area contributed by atoms with Gasteiger partial charge in [-0.05, 0) is 50.5 Å². The van der Waals surface area contributed by atoms with Gasteiger partial charge in [0.25, 0.3) is 5.91 Å². The second kappa shape index (κ2) is 10.9. The van der Waals surface area contributed by atoms with Crippen LogP contribution < -0.4 is 19.5 Å². The summed E-state index contributed by atoms with van der Waals surface area (Å²) in [7, 11) is 0.900. The average molecular weight is 477 g/mol. The van der Waals surface area contributed by atoms with Crippen LogP contribution in [-0.4, -0.2) is 59.1 Å². The van der Waals surface area contributed by atoms with Gasteiger partial charge in [-0.2, -0.15) is 4.31 Å². The molecule has 1 heterocycles. The van der Waals surface area contributed by atoms with Gasteiger partial charge in [0.1, 0.15) is 0 Å². The second-order valence-electron chi connectivity index (χ2n) is 8.04. The van der Waals surface area contributed by atoms with Crippen molar-refractivity contribution in [1.82, 2.24) is 9.62 Å². The van der Waals surface area contributed by atoms with Gasteiger partial charge in [0.2, 0.25) is 15.8 Å². The Balaban J connectivity index is 1.68. The fourth-order valence-electron chi connectivity index (χ4n) is 4.09. The zero-order chi connectivity index (χ0) is 24.0. The van der Waals surface area contributed by atoms with E-state index in [0.717, 1.165) is 24.8 Å². The van der Waals surface area contributed by atoms with E-state index in [0.29, 0.717) is 47.2 Å². The zero-order valence-electron chi connectivity index (χ0n) is 19.6. The normalized spacial score (nSPS) is 16.8. The Hall–Kier alpha value is -2.78. The quantitative estimate of drug-likeness (QED) is 0.596. The van der Waals surface area contributed by atoms with Crippen LogP contribution in [0.5, 0.6) is 17.2 Å². The molecule has 2 aromatic carbocycles. The standard InChI is InChI=1S/C24H32N2O6S/c1-17-8-10-20(11-9-17)33(28,29)26-14-6-5-7-19(26)12-13-25-24(27)18-15-21(30-2)23(32-4)22(16-18)31-3/h8-11,15-16,19H,5-7,12-14H2,1-4H3,(H,25,27). The molecular weight excluding hydrogens is 444 g/mol. The predicted octanol–water partition coefficient (Wildman–Crippen LogP) is 3.38. The fraction of sp³-hybridized carbons (Fsp3) is 0.458. The molecule has 3 rings (SSSR count). The summed E-state index contributed by atoms with van der Waals surface area (Å²) in [5, 5.41) is 2.89. The molecule has 1 aliphatic rings. The maximum Gasteiger partial charge on any atom is 0.251 e. The minimum atomic E-state index is -3.58. The first-order valence-electron chi connectivity index (χ1n) is 11.0. The van der Waals surface area contributed by atoms with Crippen LogP contribution in [0.3, 0.4) is 0 Å². The van der Waals surface area contributed by atoms with Crippen LogP contribution in [0.4, 0.5) is 0 Å². The summed E-state index contributed by atoms with van der Waals surface area (Å²) in [6.45, 7) is 2.76. The van der Waals surface area contributed by atoms with Crippen LogP contribution >= 0.6 is 0 Å². The lowest BCUT2D eigenvalue weighted by Gasteiger charge is -2.34. The Morgan fingerprint density at radius 3 is 2.24 bits per heavy atom. The Labute approximate surface area is 195 Å². The lowest BCUT2D eigenvalue weighted by Crippen LogP contribution is -2.45. The summed E-state index contributed by atoms with van der Waals surface area (Å²) in [6, 6.07) is 9.94. The molecule has 1 unspecified atom stereocenters. The Morgan fingerprint density at radius 1 is 1.03 bits per heavy atom. The molecule has 8 nitrogen and oxygen atoms in total. The molecule has 0 saturated carbocycles. The summed E-state index contributed by atoms with van der Waals surface area (Å²) < 4.78 is 44.0. The highest BCUT2D eigenvalue weighted by Gasteiger charge is 2.33. The fourth-order valence-corrected chi connectivity index (χ4v) is 5.81. The summed E-state index contributed by atoms with van der Waals surface area (Å²) in [4.78, 5) is 13.1. The number of nitrogens with one attached hydrogen (secondary N) is 1. The third kappa shape index (κ3) is 5.59. The van der Waals surface area contributed by atoms with Gasteiger partial charge in [-0.3, -0.25) is 4.79 Å². The molecule has 0 aromatic heterocycles. The summed E-state index contributed by atoms with van der Waals surface area (Å²) in [5.41, 5.74) is 1.39. The molecule has 1 saturated heterocycles. The first-order chi connectivity index (χ1) is 15.8. The Kier molecular flexibility index (Phi) is 8.20. The smallest absolute Gasteiger partial charge is 0.251 e. The average Bonchev–Trinajstić information content (AvgIpc) is 2.83. The van der Waals surface area contributed by atoms with Crippen molar-refractivity contribution in [2.75, 3.05) is 34.4 Å². The number of methoxy groups -OCH3 is 3. The molecule has 0 spiro atoms. The highest BCUT2D eigenvalue weighted by Crippen LogP contribution is 2.38. The third-order valence-corrected chi connectivity index (χ3v) is 7.86. The summed E-state index contributed by atoms with van der Waals surface area (Å²) >= 11 is 0. The van der Waals surface area contributed by atoms with E-state index >= 15 is 0 Å². The van der Waals surface area contributed by atoms with Crippen molar-refractivity contribution >= 4 is 15.9 Å². The first-order valence-corrected chi connectivity index (χ1v) is 12.4. The lowest BCUT2D eigenvalue weighted by molar-refractivity contribution is 0.0948. The second-order valence-corrected chi connectivity index (χ2v) is 9.93. The topological polar surface area (TPSA) is 94.2 Å². The summed E-state index contributed by atoms with van der Waals surface area (Å²) in [6.07, 6.45) is 3.09. The van der Waals surface area contributed by atoms with Crippen molar-refractivity contribution in [2.45, 2.75) is 43.5 Å². The number of benzene rings is 2. The van der Waals surface area contributed by atoms with Crippen LogP contribution in [0.15, 0.2) is 41.3 Å². The number of carbonyl (C=O) groups is 1. The molecule has 0 radical (unpaired) electrons. The zero-order valence-corrected chi connectivity index (χ0v) is 20.4. The predicted molar refractivity (Wildman–Crippen MR) is 126 cm³/mol. The molecule has 0 aliphatic carbocycles. The van der Waals surface area contributed by atoms with Gasteiger partial charge in [0, 0.05) is 24.7 Å². The highest BCUT2D eigenvalue weighted by atomic mass is 32.2. The maximum absolute atomic E-state index is 13.2. The van der Waals surface area contributed by atoms with Gasteiger partial charge in [-0.15, -0.1) is 0 Å². The number of hydrogen-bond acceptors (Lipinski definition) is 6. The van der Waals surface area contributed by atoms with Crippen LogP contribution in [0.1, 0.15) is 41.6 Å². The van der Waals surface area contributed by atoms with Crippen molar-refractivity contribution in [3.8, 4) is 17.2 Å². The number of nitrogens with zero attached hydrogens (tertiary/aromatic N) is 1. The molecule has 33 heavy (non-hydrogen) atoms. The van der Waals surface area contributed by atoms with Crippen LogP contribution in [-0.2, 0) is 10.0 Å². The Bertz CT molecular complexity index is 1040. The molecular formula is C24H32N2O6S. The number of ether oxygens (including phenoxy) is 3. The first kappa shape index (κ1) is 24.9. The van der Waals surface area contributed by atoms with Crippen molar-refractivity contribution in [3.63, 3.8) is 0 Å². The van der Waals surface area contributed by atoms with E-state index in [1.807, 2.05) is 19.1 Å². The van der Waals surface area contributed by atoms with Gasteiger partial charge in [-0.25, -0.2) is 8.42 Å². The van der Waals surface area contributed by atoms with Crippen LogP contribution in [0, 0.1) is 6.92 Å². The molecule has 1 atom stereocenters. The third-order valence-electron chi connectivity index (χ3n) is 5.89. The van der Waals surface area contributed by atoms with Gasteiger partial charge in [0.05, 0.1) is 26.2 Å². The number of hydrogen-bond donors (Lipinski definition) is 1. The SMILES string of the molecule is COc1cc(C(=O)NCCC2CCCCN2S(=O)(=O)c2ccc(C)cc2)cc(OC)c1OC. The molecule has 1 fully saturated rings. The van der Waals surface area contributed by atoms with Crippen LogP contribution in [0.25, 0.3) is 0 Å². The van der Waals surface area contributed by atoms with E-state index in [2.05, 4.69) is 5.32 Å². The molecule has 180 valence electrons. The van der Waals surface area contributed by atoms with Crippen LogP contribution in [0.2, 0.25) is 0 Å². The minimum absolute atomic E-state index is 0.162. The van der Waals surface area contributed by atoms with E-state index in [1.165, 1.54) is 21.3 Å². The summed E-state index contributed by atoms with van der Waals surface area (Å²) in [5.74, 6) is 0.906. The van der Waals surface area contributed by atoms with E-state index in [-0.39, 0.29) is 11.9 Å². The number of carbonyl (C=O) groups excluding carboxylic acids is 1. The number of aryl methyl sites for hydroxylation is 1. The van der Waals surface area contributed by atoms with Gasteiger partial charge < -0.3 is 19.5 Å². The van der Waals surface area contributed by atoms with Crippen molar-refractivity contribution < 1.29 is 27.4 Å². The van der Waals surface area contributed by atoms with Crippen molar-refractivity contribution in [1.29, 1.82) is 0 Å². The maximum atomic E-state index is 13.2. The van der Waals surface area contributed by atoms with Gasteiger partial charge in [0.15, 0.2) is 11.5 Å². The number of rotatable bonds is 9. The lowest BCUT2D eigenvalue weighted by atomic mass is 10.0. The van der Waals surface area contributed by atoms with E-state index in [9.17, 15) is 13.2 Å². The largest absolute Gasteiger partial charge is 0.493 e. The van der Waals surface area contributed by atoms with E-state index < -0.39 is 10.0 Å². The van der Waals surface area contributed by atoms with Gasteiger partial charge in [-0.1, -0.05) is 24.1 Å². The molecule has 1 N–H and O–H groups in total. The highest BCUT2D eigenvalue weighted by molar-refractivity contribution is 7.89. The molecule has 1 amide bonds. The number of sulfonamides is 1. The van der Waals surface area contributed by atoms with Crippen molar-refractivity contribution in [3.05, 3.63) is 47.5 Å². The number of piperidine rings is 1. The van der Waals surface area contributed by atoms with Gasteiger partial charge >= 0.3 is 0 Å². The minimum Gasteiger partial charge on any atom is -0.493 e. The van der Waals surface area contributed by atoms with E-state index in [4.69, 9.17) is 14.2 Å². The number of amides is 1. The molecule has 0 bridgehead atoms. The monoisotopic (exact) mass is 476 g/mol.